The van der Waals surface area contributed by atoms with E-state index in [1.165, 1.54) is 30.4 Å². The van der Waals surface area contributed by atoms with Gasteiger partial charge in [-0.15, -0.1) is 0 Å². The molecule has 1 aromatic carbocycles. The second-order valence-corrected chi connectivity index (χ2v) is 7.34. The monoisotopic (exact) mass is 287 g/mol. The summed E-state index contributed by atoms with van der Waals surface area (Å²) in [5, 5.41) is 3.69. The fraction of sp³-hybridized carbons (Fsp3) is 0.684. The van der Waals surface area contributed by atoms with E-state index in [1.807, 2.05) is 0 Å². The maximum atomic E-state index is 6.57. The lowest BCUT2D eigenvalue weighted by atomic mass is 9.69. The van der Waals surface area contributed by atoms with Crippen LogP contribution in [0.25, 0.3) is 0 Å². The van der Waals surface area contributed by atoms with Crippen LogP contribution in [0.15, 0.2) is 18.2 Å². The maximum absolute atomic E-state index is 6.57. The van der Waals surface area contributed by atoms with Gasteiger partial charge in [-0.2, -0.15) is 0 Å². The zero-order valence-electron chi connectivity index (χ0n) is 13.9. The van der Waals surface area contributed by atoms with Gasteiger partial charge in [0.15, 0.2) is 0 Å². The zero-order chi connectivity index (χ0) is 15.0. The summed E-state index contributed by atoms with van der Waals surface area (Å²) in [7, 11) is 0. The van der Waals surface area contributed by atoms with Crippen LogP contribution in [0.1, 0.15) is 63.6 Å². The third-order valence-electron chi connectivity index (χ3n) is 5.61. The van der Waals surface area contributed by atoms with Crippen molar-refractivity contribution < 1.29 is 4.74 Å². The van der Waals surface area contributed by atoms with Crippen LogP contribution < -0.4 is 10.1 Å². The fourth-order valence-corrected chi connectivity index (χ4v) is 4.16. The molecule has 0 amide bonds. The first kappa shape index (κ1) is 14.9. The highest BCUT2D eigenvalue weighted by Gasteiger charge is 2.44. The van der Waals surface area contributed by atoms with Gasteiger partial charge in [-0.3, -0.25) is 0 Å². The first-order chi connectivity index (χ1) is 10.0. The highest BCUT2D eigenvalue weighted by molar-refractivity contribution is 5.41. The minimum Gasteiger partial charge on any atom is -0.487 e. The third kappa shape index (κ3) is 2.83. The molecule has 2 aliphatic rings. The Kier molecular flexibility index (Phi) is 4.00. The van der Waals surface area contributed by atoms with Gasteiger partial charge >= 0.3 is 0 Å². The molecule has 1 fully saturated rings. The molecule has 1 aliphatic carbocycles. The van der Waals surface area contributed by atoms with E-state index < -0.39 is 0 Å². The Morgan fingerprint density at radius 1 is 1.24 bits per heavy atom. The molecule has 1 N–H and O–H groups in total. The zero-order valence-corrected chi connectivity index (χ0v) is 13.9. The lowest BCUT2D eigenvalue weighted by Crippen LogP contribution is -2.48. The molecule has 0 aromatic heterocycles. The van der Waals surface area contributed by atoms with Crippen molar-refractivity contribution in [2.24, 2.45) is 11.8 Å². The Balaban J connectivity index is 1.92. The Labute approximate surface area is 129 Å². The summed E-state index contributed by atoms with van der Waals surface area (Å²) >= 11 is 0. The van der Waals surface area contributed by atoms with Gasteiger partial charge in [-0.25, -0.2) is 0 Å². The molecule has 1 heterocycles. The molecule has 2 heteroatoms. The summed E-state index contributed by atoms with van der Waals surface area (Å²) in [6.45, 7) is 10.2. The first-order valence-electron chi connectivity index (χ1n) is 8.56. The Hall–Kier alpha value is -1.02. The normalized spacial score (nSPS) is 35.3. The van der Waals surface area contributed by atoms with Gasteiger partial charge in [0.1, 0.15) is 11.4 Å². The van der Waals surface area contributed by atoms with Gasteiger partial charge in [0, 0.05) is 18.0 Å². The van der Waals surface area contributed by atoms with Crippen molar-refractivity contribution in [1.82, 2.24) is 5.32 Å². The van der Waals surface area contributed by atoms with Crippen LogP contribution in [0.5, 0.6) is 5.75 Å². The number of nitrogens with one attached hydrogen (secondary N) is 1. The molecular weight excluding hydrogens is 258 g/mol. The van der Waals surface area contributed by atoms with Crippen LogP contribution in [-0.4, -0.2) is 12.1 Å². The minimum absolute atomic E-state index is 0.0566. The van der Waals surface area contributed by atoms with Gasteiger partial charge < -0.3 is 10.1 Å². The highest BCUT2D eigenvalue weighted by Crippen LogP contribution is 2.48. The molecular formula is C19H29NO. The SMILES string of the molecule is CCNC1CC2(CCC(C)C(C)C2)Oc2ccc(C)cc21. The van der Waals surface area contributed by atoms with Gasteiger partial charge in [0.2, 0.25) is 0 Å². The van der Waals surface area contributed by atoms with Crippen LogP contribution in [-0.2, 0) is 0 Å². The molecule has 3 rings (SSSR count). The summed E-state index contributed by atoms with van der Waals surface area (Å²) in [5.74, 6) is 2.70. The molecule has 21 heavy (non-hydrogen) atoms. The number of aryl methyl sites for hydroxylation is 1. The van der Waals surface area contributed by atoms with Crippen molar-refractivity contribution in [3.05, 3.63) is 29.3 Å². The molecule has 1 aromatic rings. The molecule has 1 aliphatic heterocycles. The van der Waals surface area contributed by atoms with Gasteiger partial charge in [-0.1, -0.05) is 38.5 Å². The molecule has 4 unspecified atom stereocenters. The van der Waals surface area contributed by atoms with Crippen LogP contribution >= 0.6 is 0 Å². The highest BCUT2D eigenvalue weighted by atomic mass is 16.5. The lowest BCUT2D eigenvalue weighted by Gasteiger charge is -2.48. The molecule has 4 atom stereocenters. The van der Waals surface area contributed by atoms with E-state index in [0.717, 1.165) is 30.6 Å². The maximum Gasteiger partial charge on any atom is 0.124 e. The van der Waals surface area contributed by atoms with Crippen molar-refractivity contribution in [3.8, 4) is 5.75 Å². The smallest absolute Gasteiger partial charge is 0.124 e. The van der Waals surface area contributed by atoms with Crippen molar-refractivity contribution in [1.29, 1.82) is 0 Å². The lowest BCUT2D eigenvalue weighted by molar-refractivity contribution is -0.0322. The van der Waals surface area contributed by atoms with Gasteiger partial charge in [0.25, 0.3) is 0 Å². The van der Waals surface area contributed by atoms with Crippen LogP contribution in [0.2, 0.25) is 0 Å². The number of rotatable bonds is 2. The van der Waals surface area contributed by atoms with E-state index in [-0.39, 0.29) is 5.60 Å². The molecule has 1 spiro atoms. The average Bonchev–Trinajstić information content (AvgIpc) is 2.45. The Bertz CT molecular complexity index is 512. The van der Waals surface area contributed by atoms with E-state index in [4.69, 9.17) is 4.74 Å². The largest absolute Gasteiger partial charge is 0.487 e. The summed E-state index contributed by atoms with van der Waals surface area (Å²) in [4.78, 5) is 0. The predicted octanol–water partition coefficient (Wildman–Crippen LogP) is 4.62. The van der Waals surface area contributed by atoms with Gasteiger partial charge in [-0.05, 0) is 50.6 Å². The molecule has 1 saturated carbocycles. The summed E-state index contributed by atoms with van der Waals surface area (Å²) in [5.41, 5.74) is 2.73. The van der Waals surface area contributed by atoms with E-state index in [1.54, 1.807) is 0 Å². The molecule has 116 valence electrons. The van der Waals surface area contributed by atoms with E-state index >= 15 is 0 Å². The van der Waals surface area contributed by atoms with Crippen molar-refractivity contribution in [2.45, 2.75) is 65.0 Å². The van der Waals surface area contributed by atoms with Crippen LogP contribution in [0.3, 0.4) is 0 Å². The van der Waals surface area contributed by atoms with Crippen LogP contribution in [0.4, 0.5) is 0 Å². The molecule has 0 bridgehead atoms. The number of fused-ring (bicyclic) bond motifs is 1. The van der Waals surface area contributed by atoms with Crippen molar-refractivity contribution >= 4 is 0 Å². The number of ether oxygens (including phenoxy) is 1. The Morgan fingerprint density at radius 3 is 2.76 bits per heavy atom. The quantitative estimate of drug-likeness (QED) is 0.856. The molecule has 0 radical (unpaired) electrons. The van der Waals surface area contributed by atoms with Crippen molar-refractivity contribution in [3.63, 3.8) is 0 Å². The minimum atomic E-state index is 0.0566. The standard InChI is InChI=1S/C19H29NO/c1-5-20-17-12-19(9-8-14(3)15(4)11-19)21-18-7-6-13(2)10-16(17)18/h6-7,10,14-15,17,20H,5,8-9,11-12H2,1-4H3. The van der Waals surface area contributed by atoms with Gasteiger partial charge in [0.05, 0.1) is 0 Å². The number of benzene rings is 1. The van der Waals surface area contributed by atoms with Crippen LogP contribution in [0, 0.1) is 18.8 Å². The molecule has 2 nitrogen and oxygen atoms in total. The van der Waals surface area contributed by atoms with E-state index in [2.05, 4.69) is 51.2 Å². The summed E-state index contributed by atoms with van der Waals surface area (Å²) < 4.78 is 6.57. The molecule has 0 saturated heterocycles. The number of hydrogen-bond acceptors (Lipinski definition) is 2. The second kappa shape index (κ2) is 5.64. The average molecular weight is 287 g/mol. The fourth-order valence-electron chi connectivity index (χ4n) is 4.16. The predicted molar refractivity (Wildman–Crippen MR) is 87.8 cm³/mol. The summed E-state index contributed by atoms with van der Waals surface area (Å²) in [6.07, 6.45) is 4.81. The third-order valence-corrected chi connectivity index (χ3v) is 5.61. The van der Waals surface area contributed by atoms with E-state index in [9.17, 15) is 0 Å². The topological polar surface area (TPSA) is 21.3 Å². The Morgan fingerprint density at radius 2 is 2.05 bits per heavy atom. The van der Waals surface area contributed by atoms with Crippen molar-refractivity contribution in [2.75, 3.05) is 6.54 Å². The number of hydrogen-bond donors (Lipinski definition) is 1. The summed E-state index contributed by atoms with van der Waals surface area (Å²) in [6, 6.07) is 7.10. The van der Waals surface area contributed by atoms with E-state index in [0.29, 0.717) is 6.04 Å². The first-order valence-corrected chi connectivity index (χ1v) is 8.56. The second-order valence-electron chi connectivity index (χ2n) is 7.34.